The maximum absolute atomic E-state index is 13.9. The van der Waals surface area contributed by atoms with Crippen LogP contribution in [0.3, 0.4) is 0 Å². The summed E-state index contributed by atoms with van der Waals surface area (Å²) in [5.41, 5.74) is 6.22. The number of carboxylic acids is 1. The van der Waals surface area contributed by atoms with Gasteiger partial charge in [0.1, 0.15) is 30.2 Å². The lowest BCUT2D eigenvalue weighted by atomic mass is 9.96. The number of hydrogen-bond acceptors (Lipinski definition) is 11. The van der Waals surface area contributed by atoms with Gasteiger partial charge in [0.15, 0.2) is 0 Å². The van der Waals surface area contributed by atoms with Crippen LogP contribution < -0.4 is 37.6 Å². The lowest BCUT2D eigenvalue weighted by Crippen LogP contribution is -2.60. The Morgan fingerprint density at radius 3 is 1.93 bits per heavy atom. The third kappa shape index (κ3) is 16.5. The van der Waals surface area contributed by atoms with Crippen molar-refractivity contribution in [2.45, 2.75) is 135 Å². The van der Waals surface area contributed by atoms with Crippen LogP contribution in [0.5, 0.6) is 0 Å². The van der Waals surface area contributed by atoms with E-state index in [9.17, 15) is 53.7 Å². The Kier molecular flexibility index (Phi) is 21.1. The zero-order valence-electron chi connectivity index (χ0n) is 35.7. The SMILES string of the molecule is CC[C@H](C)[C@H](NC(=O)[C@@H]1CCCN1C[C@H](O)[C@H](Cc1ccccc1)NC(=O)[C@H](CC(N)=O)NC(=O)[C@H](CC(C)C)NC(=O)[C@H](CO)NC(C)=O)C(=O)N[C@H](C(=O)O)C(C)C. The number of primary amides is 1. The second-order valence-electron chi connectivity index (χ2n) is 16.3. The summed E-state index contributed by atoms with van der Waals surface area (Å²) in [6.07, 6.45) is -0.256. The van der Waals surface area contributed by atoms with Crippen LogP contribution in [0.1, 0.15) is 86.1 Å². The number of nitrogens with two attached hydrogens (primary N) is 1. The fourth-order valence-electron chi connectivity index (χ4n) is 6.95. The molecule has 1 aromatic carbocycles. The number of carboxylic acid groups (broad SMARTS) is 1. The molecule has 0 aliphatic carbocycles. The van der Waals surface area contributed by atoms with Crippen LogP contribution in [-0.4, -0.2) is 136 Å². The van der Waals surface area contributed by atoms with E-state index in [2.05, 4.69) is 31.9 Å². The van der Waals surface area contributed by atoms with Crippen LogP contribution in [0.4, 0.5) is 0 Å². The number of aliphatic hydroxyl groups excluding tert-OH is 2. The van der Waals surface area contributed by atoms with Gasteiger partial charge in [-0.3, -0.25) is 38.5 Å². The van der Waals surface area contributed by atoms with Crippen molar-refractivity contribution in [2.24, 2.45) is 23.5 Å². The summed E-state index contributed by atoms with van der Waals surface area (Å²) >= 11 is 0. The summed E-state index contributed by atoms with van der Waals surface area (Å²) in [7, 11) is 0. The largest absolute Gasteiger partial charge is 0.480 e. The number of hydrogen-bond donors (Lipinski definition) is 10. The number of benzene rings is 1. The Morgan fingerprint density at radius 1 is 0.800 bits per heavy atom. The molecule has 336 valence electrons. The van der Waals surface area contributed by atoms with Crippen LogP contribution in [0.15, 0.2) is 30.3 Å². The van der Waals surface area contributed by atoms with Gasteiger partial charge < -0.3 is 53.0 Å². The average molecular weight is 847 g/mol. The number of nitrogens with zero attached hydrogens (tertiary/aromatic N) is 1. The molecular formula is C41H66N8O11. The van der Waals surface area contributed by atoms with Crippen molar-refractivity contribution in [2.75, 3.05) is 19.7 Å². The topological polar surface area (TPSA) is 299 Å². The number of nitrogens with one attached hydrogen (secondary N) is 6. The van der Waals surface area contributed by atoms with E-state index < -0.39 is 115 Å². The molecule has 11 N–H and O–H groups in total. The van der Waals surface area contributed by atoms with E-state index in [0.29, 0.717) is 25.8 Å². The molecule has 9 atom stereocenters. The zero-order chi connectivity index (χ0) is 45.3. The van der Waals surface area contributed by atoms with Crippen LogP contribution >= 0.6 is 0 Å². The molecule has 1 aliphatic heterocycles. The standard InChI is InChI=1S/C41H66N8O11/c1-8-24(6)35(40(58)47-34(23(4)5)41(59)60)48-39(57)31-15-12-16-49(31)20-32(52)27(18-26-13-10-9-11-14-26)44-37(55)29(19-33(42)53)46-36(54)28(17-22(2)3)45-38(56)30(21-50)43-25(7)51/h9-11,13-14,22-24,27-32,34-35,50,52H,8,12,15-21H2,1-7H3,(H2,42,53)(H,43,51)(H,44,55)(H,45,56)(H,46,54)(H,47,58)(H,48,57)(H,59,60)/t24-,27-,28-,29-,30-,31-,32-,34-,35-/m0/s1. The van der Waals surface area contributed by atoms with Crippen molar-refractivity contribution < 1.29 is 53.7 Å². The Hall–Kier alpha value is -5.14. The number of rotatable bonds is 25. The first kappa shape index (κ1) is 51.0. The van der Waals surface area contributed by atoms with E-state index >= 15 is 0 Å². The smallest absolute Gasteiger partial charge is 0.326 e. The number of aliphatic carboxylic acids is 1. The number of carbonyl (C=O) groups excluding carboxylic acids is 7. The molecule has 0 saturated carbocycles. The summed E-state index contributed by atoms with van der Waals surface area (Å²) in [6.45, 7) is 11.2. The zero-order valence-corrected chi connectivity index (χ0v) is 35.7. The molecule has 1 heterocycles. The lowest BCUT2D eigenvalue weighted by Gasteiger charge is -2.33. The predicted octanol–water partition coefficient (Wildman–Crippen LogP) is -1.32. The molecule has 19 nitrogen and oxygen atoms in total. The third-order valence-corrected chi connectivity index (χ3v) is 10.5. The molecule has 2 rings (SSSR count). The first-order chi connectivity index (χ1) is 28.2. The summed E-state index contributed by atoms with van der Waals surface area (Å²) in [4.78, 5) is 105. The van der Waals surface area contributed by atoms with Gasteiger partial charge >= 0.3 is 5.97 Å². The van der Waals surface area contributed by atoms with Crippen LogP contribution in [0.2, 0.25) is 0 Å². The quantitative estimate of drug-likeness (QED) is 0.0549. The van der Waals surface area contributed by atoms with Crippen LogP contribution in [0.25, 0.3) is 0 Å². The van der Waals surface area contributed by atoms with Crippen molar-refractivity contribution in [3.8, 4) is 0 Å². The molecule has 1 saturated heterocycles. The first-order valence-corrected chi connectivity index (χ1v) is 20.6. The highest BCUT2D eigenvalue weighted by atomic mass is 16.4. The fraction of sp³-hybridized carbons (Fsp3) is 0.659. The molecule has 0 radical (unpaired) electrons. The number of amides is 7. The van der Waals surface area contributed by atoms with Crippen LogP contribution in [-0.2, 0) is 44.8 Å². The monoisotopic (exact) mass is 846 g/mol. The first-order valence-electron chi connectivity index (χ1n) is 20.6. The summed E-state index contributed by atoms with van der Waals surface area (Å²) in [6, 6.07) is 0.814. The van der Waals surface area contributed by atoms with E-state index in [1.54, 1.807) is 69.9 Å². The number of likely N-dealkylation sites (tertiary alicyclic amines) is 1. The van der Waals surface area contributed by atoms with Gasteiger partial charge in [-0.05, 0) is 55.5 Å². The Bertz CT molecular complexity index is 1630. The molecule has 0 spiro atoms. The number of carbonyl (C=O) groups is 8. The van der Waals surface area contributed by atoms with Crippen LogP contribution in [0, 0.1) is 17.8 Å². The van der Waals surface area contributed by atoms with Gasteiger partial charge in [-0.25, -0.2) is 4.79 Å². The van der Waals surface area contributed by atoms with E-state index in [1.165, 1.54) is 0 Å². The Labute approximate surface area is 351 Å². The van der Waals surface area contributed by atoms with Gasteiger partial charge in [0.05, 0.1) is 31.2 Å². The summed E-state index contributed by atoms with van der Waals surface area (Å²) < 4.78 is 0. The average Bonchev–Trinajstić information content (AvgIpc) is 3.64. The second-order valence-corrected chi connectivity index (χ2v) is 16.3. The summed E-state index contributed by atoms with van der Waals surface area (Å²) in [5, 5.41) is 46.5. The predicted molar refractivity (Wildman–Crippen MR) is 220 cm³/mol. The highest BCUT2D eigenvalue weighted by Gasteiger charge is 2.39. The minimum atomic E-state index is -1.54. The van der Waals surface area contributed by atoms with Crippen molar-refractivity contribution in [3.63, 3.8) is 0 Å². The van der Waals surface area contributed by atoms with Crippen molar-refractivity contribution >= 4 is 47.3 Å². The van der Waals surface area contributed by atoms with Gasteiger partial charge in [-0.1, -0.05) is 78.3 Å². The minimum absolute atomic E-state index is 0.0875. The van der Waals surface area contributed by atoms with Gasteiger partial charge in [-0.2, -0.15) is 0 Å². The van der Waals surface area contributed by atoms with Crippen molar-refractivity contribution in [3.05, 3.63) is 35.9 Å². The van der Waals surface area contributed by atoms with Crippen molar-refractivity contribution in [1.29, 1.82) is 0 Å². The van der Waals surface area contributed by atoms with E-state index in [1.807, 2.05) is 6.92 Å². The van der Waals surface area contributed by atoms with Crippen molar-refractivity contribution in [1.82, 2.24) is 36.8 Å². The Morgan fingerprint density at radius 2 is 1.40 bits per heavy atom. The molecule has 0 bridgehead atoms. The van der Waals surface area contributed by atoms with E-state index in [4.69, 9.17) is 5.73 Å². The van der Waals surface area contributed by atoms with Gasteiger partial charge in [-0.15, -0.1) is 0 Å². The molecule has 1 aliphatic rings. The molecule has 7 amide bonds. The molecule has 60 heavy (non-hydrogen) atoms. The fourth-order valence-corrected chi connectivity index (χ4v) is 6.95. The number of aliphatic hydroxyl groups is 2. The molecular weight excluding hydrogens is 780 g/mol. The van der Waals surface area contributed by atoms with Gasteiger partial charge in [0, 0.05) is 13.5 Å². The van der Waals surface area contributed by atoms with E-state index in [0.717, 1.165) is 12.5 Å². The van der Waals surface area contributed by atoms with Gasteiger partial charge in [0.2, 0.25) is 41.4 Å². The molecule has 0 unspecified atom stereocenters. The van der Waals surface area contributed by atoms with E-state index in [-0.39, 0.29) is 31.2 Å². The highest BCUT2D eigenvalue weighted by molar-refractivity contribution is 5.96. The molecule has 0 aromatic heterocycles. The maximum Gasteiger partial charge on any atom is 0.326 e. The normalized spacial score (nSPS) is 18.1. The lowest BCUT2D eigenvalue weighted by molar-refractivity contribution is -0.144. The third-order valence-electron chi connectivity index (χ3n) is 10.5. The maximum atomic E-state index is 13.9. The highest BCUT2D eigenvalue weighted by Crippen LogP contribution is 2.21. The molecule has 19 heteroatoms. The Balaban J connectivity index is 2.34. The number of β-amino-alcohol motifs (C(OH)–C–C–N with tert-alkyl or cyclic N) is 1. The molecule has 1 aromatic rings. The van der Waals surface area contributed by atoms with Gasteiger partial charge in [0.25, 0.3) is 0 Å². The minimum Gasteiger partial charge on any atom is -0.480 e. The second kappa shape index (κ2) is 24.8. The molecule has 1 fully saturated rings. The summed E-state index contributed by atoms with van der Waals surface area (Å²) in [5.74, 6) is -7.24.